The Bertz CT molecular complexity index is 1390. The second kappa shape index (κ2) is 8.03. The molecule has 0 radical (unpaired) electrons. The normalized spacial score (nSPS) is 15.3. The Morgan fingerprint density at radius 3 is 2.34 bits per heavy atom. The van der Waals surface area contributed by atoms with Crippen molar-refractivity contribution >= 4 is 21.5 Å². The molecule has 32 heavy (non-hydrogen) atoms. The number of hydrogen-bond acceptors (Lipinski definition) is 0. The molecule has 0 atom stereocenters. The van der Waals surface area contributed by atoms with Crippen LogP contribution in [0.4, 0.5) is 0 Å². The smallest absolute Gasteiger partial charge is 0.198 e. The summed E-state index contributed by atoms with van der Waals surface area (Å²) in [6.07, 6.45) is 5.31. The second-order valence-electron chi connectivity index (χ2n) is 10.2. The molecule has 0 aliphatic heterocycles. The highest BCUT2D eigenvalue weighted by molar-refractivity contribution is 6.11. The molecule has 3 aromatic carbocycles. The van der Waals surface area contributed by atoms with Crippen molar-refractivity contribution in [2.75, 3.05) is 0 Å². The Morgan fingerprint density at radius 1 is 0.906 bits per heavy atom. The quantitative estimate of drug-likeness (QED) is 0.231. The van der Waals surface area contributed by atoms with Crippen molar-refractivity contribution in [3.8, 4) is 11.3 Å². The molecule has 0 bridgehead atoms. The molecule has 1 aliphatic rings. The van der Waals surface area contributed by atoms with E-state index in [2.05, 4.69) is 88.7 Å². The van der Waals surface area contributed by atoms with Crippen LogP contribution in [0.2, 0.25) is 0 Å². The molecular formula is C31H36N+. The van der Waals surface area contributed by atoms with Crippen molar-refractivity contribution in [3.05, 3.63) is 76.5 Å². The van der Waals surface area contributed by atoms with Crippen molar-refractivity contribution < 1.29 is 5.94 Å². The Morgan fingerprint density at radius 2 is 1.62 bits per heavy atom. The number of aromatic nitrogens is 1. The molecule has 5 rings (SSSR count). The van der Waals surface area contributed by atoms with Crippen molar-refractivity contribution in [3.63, 3.8) is 0 Å². The van der Waals surface area contributed by atoms with Crippen LogP contribution in [0.1, 0.15) is 80.7 Å². The first-order valence-electron chi connectivity index (χ1n) is 12.7. The van der Waals surface area contributed by atoms with Crippen molar-refractivity contribution in [2.24, 2.45) is 7.05 Å². The van der Waals surface area contributed by atoms with Gasteiger partial charge >= 0.3 is 0 Å². The number of rotatable bonds is 3. The van der Waals surface area contributed by atoms with E-state index in [1.54, 1.807) is 0 Å². The van der Waals surface area contributed by atoms with E-state index in [1.165, 1.54) is 75.4 Å². The zero-order valence-electron chi connectivity index (χ0n) is 21.5. The minimum atomic E-state index is 0.465. The molecule has 1 saturated carbocycles. The molecule has 1 aromatic heterocycles. The molecule has 1 nitrogen and oxygen atoms in total. The van der Waals surface area contributed by atoms with Gasteiger partial charge in [0.25, 0.3) is 0 Å². The minimum Gasteiger partial charge on any atom is -0.198 e. The summed E-state index contributed by atoms with van der Waals surface area (Å²) in [6.45, 7) is 11.1. The summed E-state index contributed by atoms with van der Waals surface area (Å²) in [5.74, 6) is 1.15. The van der Waals surface area contributed by atoms with Crippen LogP contribution < -0.4 is 4.57 Å². The number of aryl methyl sites for hydroxylation is 1. The van der Waals surface area contributed by atoms with Crippen molar-refractivity contribution in [1.82, 2.24) is 0 Å². The average molecular weight is 424 g/mol. The van der Waals surface area contributed by atoms with Crippen LogP contribution in [0, 0.1) is 20.8 Å². The van der Waals surface area contributed by atoms with Gasteiger partial charge < -0.3 is 0 Å². The van der Waals surface area contributed by atoms with E-state index in [0.717, 1.165) is 11.1 Å². The molecule has 1 heteroatoms. The van der Waals surface area contributed by atoms with Crippen LogP contribution in [-0.2, 0) is 7.05 Å². The average Bonchev–Trinajstić information content (AvgIpc) is 3.34. The maximum absolute atomic E-state index is 9.10. The summed E-state index contributed by atoms with van der Waals surface area (Å²) in [4.78, 5) is 0. The molecule has 0 unspecified atom stereocenters. The number of pyridine rings is 1. The Kier molecular flexibility index (Phi) is 5.01. The highest BCUT2D eigenvalue weighted by Gasteiger charge is 2.24. The minimum absolute atomic E-state index is 0.465. The summed E-state index contributed by atoms with van der Waals surface area (Å²) in [6, 6.07) is 16.8. The number of hydrogen-bond donors (Lipinski definition) is 0. The Labute approximate surface area is 194 Å². The van der Waals surface area contributed by atoms with Gasteiger partial charge in [0.15, 0.2) is 5.69 Å². The third-order valence-electron chi connectivity index (χ3n) is 7.88. The summed E-state index contributed by atoms with van der Waals surface area (Å²) < 4.78 is 11.4. The summed E-state index contributed by atoms with van der Waals surface area (Å²) >= 11 is 0. The highest BCUT2D eigenvalue weighted by Crippen LogP contribution is 2.39. The first-order chi connectivity index (χ1) is 15.8. The molecule has 0 N–H and O–H groups in total. The lowest BCUT2D eigenvalue weighted by atomic mass is 9.88. The Hall–Kier alpha value is -2.67. The van der Waals surface area contributed by atoms with Crippen LogP contribution >= 0.6 is 0 Å². The highest BCUT2D eigenvalue weighted by atomic mass is 14.9. The maximum atomic E-state index is 9.10. The third kappa shape index (κ3) is 3.43. The van der Waals surface area contributed by atoms with Crippen LogP contribution in [-0.4, -0.2) is 0 Å². The van der Waals surface area contributed by atoms with Gasteiger partial charge in [-0.05, 0) is 83.7 Å². The van der Waals surface area contributed by atoms with E-state index < -0.39 is 0 Å². The SMILES string of the molecule is [2H]c1c(C)[n+](C)c(-c2cc(C3CCCC3)cc(C)c2C)c2ccc3ccc(C(C)C)cc3c12. The first-order valence-corrected chi connectivity index (χ1v) is 12.2. The standard InChI is InChI=1S/C31H36N/c1-19(2)25-12-11-24-13-14-27-30(29(24)17-25)16-21(4)32(6)31(27)28-18-26(15-20(3)22(28)5)23-9-7-8-10-23/h11-19,23H,7-10H2,1-6H3/q+1/i16D. The van der Waals surface area contributed by atoms with Gasteiger partial charge in [-0.2, -0.15) is 4.57 Å². The summed E-state index contributed by atoms with van der Waals surface area (Å²) in [5.41, 5.74) is 9.14. The van der Waals surface area contributed by atoms with E-state index in [9.17, 15) is 0 Å². The van der Waals surface area contributed by atoms with Gasteiger partial charge in [0, 0.05) is 18.4 Å². The van der Waals surface area contributed by atoms with Crippen LogP contribution in [0.25, 0.3) is 32.8 Å². The van der Waals surface area contributed by atoms with Crippen LogP contribution in [0.3, 0.4) is 0 Å². The van der Waals surface area contributed by atoms with E-state index in [1.807, 2.05) is 0 Å². The third-order valence-corrected chi connectivity index (χ3v) is 7.88. The van der Waals surface area contributed by atoms with Crippen LogP contribution in [0.15, 0.2) is 48.5 Å². The van der Waals surface area contributed by atoms with Gasteiger partial charge in [-0.25, -0.2) is 0 Å². The summed E-state index contributed by atoms with van der Waals surface area (Å²) in [5, 5.41) is 4.69. The van der Waals surface area contributed by atoms with Gasteiger partial charge in [-0.15, -0.1) is 0 Å². The molecule has 1 heterocycles. The Balaban J connectivity index is 1.88. The largest absolute Gasteiger partial charge is 0.220 e. The van der Waals surface area contributed by atoms with E-state index in [4.69, 9.17) is 1.37 Å². The van der Waals surface area contributed by atoms with E-state index in [0.29, 0.717) is 17.9 Å². The topological polar surface area (TPSA) is 3.88 Å². The zero-order chi connectivity index (χ0) is 23.4. The monoisotopic (exact) mass is 423 g/mol. The molecule has 0 spiro atoms. The summed E-state index contributed by atoms with van der Waals surface area (Å²) in [7, 11) is 2.13. The number of nitrogens with zero attached hydrogens (tertiary/aromatic N) is 1. The van der Waals surface area contributed by atoms with Gasteiger partial charge in [0.2, 0.25) is 5.69 Å². The molecule has 164 valence electrons. The fraction of sp³-hybridized carbons (Fsp3) is 0.387. The molecule has 4 aromatic rings. The number of fused-ring (bicyclic) bond motifs is 3. The molecule has 1 aliphatic carbocycles. The maximum Gasteiger partial charge on any atom is 0.220 e. The molecule has 0 amide bonds. The fourth-order valence-corrected chi connectivity index (χ4v) is 5.60. The van der Waals surface area contributed by atoms with Crippen molar-refractivity contribution in [2.45, 2.75) is 72.1 Å². The van der Waals surface area contributed by atoms with Crippen molar-refractivity contribution in [1.29, 1.82) is 0 Å². The predicted molar refractivity (Wildman–Crippen MR) is 138 cm³/mol. The molecule has 1 fully saturated rings. The fourth-order valence-electron chi connectivity index (χ4n) is 5.60. The predicted octanol–water partition coefficient (Wildman–Crippen LogP) is 8.19. The first kappa shape index (κ1) is 20.0. The lowest BCUT2D eigenvalue weighted by Crippen LogP contribution is -2.35. The van der Waals surface area contributed by atoms with E-state index >= 15 is 0 Å². The van der Waals surface area contributed by atoms with Gasteiger partial charge in [0.1, 0.15) is 7.05 Å². The number of benzene rings is 3. The lowest BCUT2D eigenvalue weighted by Gasteiger charge is -2.17. The molecule has 0 saturated heterocycles. The van der Waals surface area contributed by atoms with E-state index in [-0.39, 0.29) is 0 Å². The molecular weight excluding hydrogens is 386 g/mol. The van der Waals surface area contributed by atoms with Gasteiger partial charge in [0.05, 0.1) is 12.3 Å². The van der Waals surface area contributed by atoms with Crippen LogP contribution in [0.5, 0.6) is 0 Å². The van der Waals surface area contributed by atoms with Gasteiger partial charge in [-0.3, -0.25) is 0 Å². The lowest BCUT2D eigenvalue weighted by molar-refractivity contribution is -0.665. The van der Waals surface area contributed by atoms with Gasteiger partial charge in [-0.1, -0.05) is 57.0 Å². The second-order valence-corrected chi connectivity index (χ2v) is 10.2. The zero-order valence-corrected chi connectivity index (χ0v) is 20.5.